The number of sulfonamides is 2. The van der Waals surface area contributed by atoms with Crippen molar-refractivity contribution in [3.05, 3.63) is 65.2 Å². The van der Waals surface area contributed by atoms with E-state index >= 15 is 0 Å². The third-order valence-corrected chi connectivity index (χ3v) is 7.57. The molecule has 0 aliphatic carbocycles. The van der Waals surface area contributed by atoms with E-state index in [-0.39, 0.29) is 17.7 Å². The molecule has 0 spiro atoms. The number of hydrogen-bond donors (Lipinski definition) is 3. The van der Waals surface area contributed by atoms with Crippen LogP contribution in [0.25, 0.3) is 0 Å². The van der Waals surface area contributed by atoms with Crippen LogP contribution in [0.1, 0.15) is 40.0 Å². The molecule has 3 rings (SSSR count). The van der Waals surface area contributed by atoms with E-state index in [1.54, 1.807) is 30.3 Å². The number of carboxylic acid groups (broad SMARTS) is 1. The molecule has 2 atom stereocenters. The molecule has 0 bridgehead atoms. The maximum absolute atomic E-state index is 12.8. The molecule has 2 aromatic rings. The van der Waals surface area contributed by atoms with Crippen molar-refractivity contribution in [2.24, 2.45) is 0 Å². The van der Waals surface area contributed by atoms with Crippen LogP contribution in [0.4, 0.5) is 5.69 Å². The first-order valence-electron chi connectivity index (χ1n) is 9.53. The van der Waals surface area contributed by atoms with Gasteiger partial charge in [-0.2, -0.15) is 0 Å². The monoisotopic (exact) mass is 481 g/mol. The fraction of sp³-hybridized carbons (Fsp3) is 0.300. The Kier molecular flexibility index (Phi) is 6.58. The van der Waals surface area contributed by atoms with Gasteiger partial charge in [0.2, 0.25) is 26.0 Å². The van der Waals surface area contributed by atoms with Gasteiger partial charge in [0.05, 0.1) is 35.3 Å². The Morgan fingerprint density at radius 1 is 1.19 bits per heavy atom. The number of carbonyl (C=O) groups excluding carboxylic acids is 1. The minimum absolute atomic E-state index is 0.0840. The molecule has 0 fully saturated rings. The number of anilines is 1. The van der Waals surface area contributed by atoms with E-state index in [2.05, 4.69) is 10.0 Å². The molecule has 0 aromatic heterocycles. The first-order valence-corrected chi connectivity index (χ1v) is 13.0. The van der Waals surface area contributed by atoms with Crippen LogP contribution in [-0.2, 0) is 24.8 Å². The first-order chi connectivity index (χ1) is 14.9. The smallest absolute Gasteiger partial charge is 0.335 e. The van der Waals surface area contributed by atoms with E-state index in [4.69, 9.17) is 0 Å². The lowest BCUT2D eigenvalue weighted by molar-refractivity contribution is -0.122. The molecule has 0 radical (unpaired) electrons. The zero-order chi connectivity index (χ0) is 23.7. The molecule has 2 unspecified atom stereocenters. The Morgan fingerprint density at radius 3 is 2.44 bits per heavy atom. The number of nitrogens with zero attached hydrogens (tertiary/aromatic N) is 1. The number of amides is 1. The quantitative estimate of drug-likeness (QED) is 0.534. The summed E-state index contributed by atoms with van der Waals surface area (Å²) in [4.78, 5) is 24.1. The van der Waals surface area contributed by atoms with E-state index in [0.29, 0.717) is 11.1 Å². The second-order valence-electron chi connectivity index (χ2n) is 7.50. The van der Waals surface area contributed by atoms with Crippen molar-refractivity contribution in [1.29, 1.82) is 0 Å². The standard InChI is InChI=1S/C20H23N3O7S2/c1-23-18-10-14(20(25)26)8-9-15(18)17(12-32(23,29)30)21-19(24)11-16(22-31(2,27)28)13-6-4-3-5-7-13/h3-10,16-17,22H,11-12H2,1-2H3,(H,21,24)(H,25,26). The molecule has 0 saturated heterocycles. The fourth-order valence-electron chi connectivity index (χ4n) is 3.54. The van der Waals surface area contributed by atoms with E-state index in [9.17, 15) is 31.5 Å². The summed E-state index contributed by atoms with van der Waals surface area (Å²) in [5, 5.41) is 11.9. The van der Waals surface area contributed by atoms with Gasteiger partial charge in [0.15, 0.2) is 0 Å². The highest BCUT2D eigenvalue weighted by Gasteiger charge is 2.35. The molecule has 32 heavy (non-hydrogen) atoms. The molecule has 1 aliphatic heterocycles. The highest BCUT2D eigenvalue weighted by atomic mass is 32.2. The van der Waals surface area contributed by atoms with Gasteiger partial charge in [0.1, 0.15) is 0 Å². The molecular formula is C20H23N3O7S2. The van der Waals surface area contributed by atoms with Crippen molar-refractivity contribution in [3.63, 3.8) is 0 Å². The average molecular weight is 482 g/mol. The zero-order valence-corrected chi connectivity index (χ0v) is 19.0. The van der Waals surface area contributed by atoms with E-state index in [1.807, 2.05) is 0 Å². The van der Waals surface area contributed by atoms with Crippen LogP contribution >= 0.6 is 0 Å². The predicted octanol–water partition coefficient (Wildman–Crippen LogP) is 1.00. The Hall–Kier alpha value is -2.96. The van der Waals surface area contributed by atoms with Crippen LogP contribution in [0.2, 0.25) is 0 Å². The van der Waals surface area contributed by atoms with Crippen LogP contribution in [-0.4, -0.2) is 52.9 Å². The largest absolute Gasteiger partial charge is 0.478 e. The molecule has 1 heterocycles. The van der Waals surface area contributed by atoms with Crippen LogP contribution in [0.3, 0.4) is 0 Å². The molecule has 172 valence electrons. The SMILES string of the molecule is CN1c2cc(C(=O)O)ccc2C(NC(=O)CC(NS(C)(=O)=O)c2ccccc2)CS1(=O)=O. The average Bonchev–Trinajstić information content (AvgIpc) is 2.70. The first kappa shape index (κ1) is 23.7. The van der Waals surface area contributed by atoms with Gasteiger partial charge in [-0.3, -0.25) is 9.10 Å². The van der Waals surface area contributed by atoms with E-state index in [0.717, 1.165) is 10.6 Å². The summed E-state index contributed by atoms with van der Waals surface area (Å²) in [7, 11) is -6.11. The summed E-state index contributed by atoms with van der Waals surface area (Å²) in [5.41, 5.74) is 1.11. The third kappa shape index (κ3) is 5.44. The van der Waals surface area contributed by atoms with E-state index < -0.39 is 49.8 Å². The number of hydrogen-bond acceptors (Lipinski definition) is 6. The van der Waals surface area contributed by atoms with Crippen molar-refractivity contribution >= 4 is 37.6 Å². The molecule has 0 saturated carbocycles. The summed E-state index contributed by atoms with van der Waals surface area (Å²) < 4.78 is 52.2. The topological polar surface area (TPSA) is 150 Å². The second-order valence-corrected chi connectivity index (χ2v) is 11.3. The summed E-state index contributed by atoms with van der Waals surface area (Å²) in [6, 6.07) is 10.8. The van der Waals surface area contributed by atoms with Crippen molar-refractivity contribution < 1.29 is 31.5 Å². The number of benzene rings is 2. The van der Waals surface area contributed by atoms with Gasteiger partial charge >= 0.3 is 5.97 Å². The Morgan fingerprint density at radius 2 is 1.84 bits per heavy atom. The van der Waals surface area contributed by atoms with E-state index in [1.165, 1.54) is 25.2 Å². The molecular weight excluding hydrogens is 458 g/mol. The predicted molar refractivity (Wildman–Crippen MR) is 118 cm³/mol. The van der Waals surface area contributed by atoms with Gasteiger partial charge in [-0.15, -0.1) is 0 Å². The minimum atomic E-state index is -3.81. The Labute approximate surface area is 186 Å². The van der Waals surface area contributed by atoms with Gasteiger partial charge < -0.3 is 10.4 Å². The number of carboxylic acids is 1. The van der Waals surface area contributed by atoms with Crippen LogP contribution in [0.15, 0.2) is 48.5 Å². The minimum Gasteiger partial charge on any atom is -0.478 e. The number of aromatic carboxylic acids is 1. The van der Waals surface area contributed by atoms with Gasteiger partial charge in [-0.25, -0.2) is 26.4 Å². The lowest BCUT2D eigenvalue weighted by Gasteiger charge is -2.33. The summed E-state index contributed by atoms with van der Waals surface area (Å²) in [6.07, 6.45) is 0.729. The number of carbonyl (C=O) groups is 2. The Bertz CT molecular complexity index is 1250. The van der Waals surface area contributed by atoms with Gasteiger partial charge in [-0.1, -0.05) is 36.4 Å². The Balaban J connectivity index is 1.88. The zero-order valence-electron chi connectivity index (χ0n) is 17.3. The summed E-state index contributed by atoms with van der Waals surface area (Å²) in [6.45, 7) is 0. The molecule has 2 aromatic carbocycles. The van der Waals surface area contributed by atoms with Crippen molar-refractivity contribution in [2.75, 3.05) is 23.4 Å². The van der Waals surface area contributed by atoms with Gasteiger partial charge in [0, 0.05) is 13.5 Å². The molecule has 1 amide bonds. The number of fused-ring (bicyclic) bond motifs is 1. The maximum atomic E-state index is 12.8. The number of rotatable bonds is 7. The number of nitrogens with one attached hydrogen (secondary N) is 2. The highest BCUT2D eigenvalue weighted by Crippen LogP contribution is 2.35. The summed E-state index contributed by atoms with van der Waals surface area (Å²) in [5.74, 6) is -2.18. The van der Waals surface area contributed by atoms with Gasteiger partial charge in [-0.05, 0) is 23.3 Å². The highest BCUT2D eigenvalue weighted by molar-refractivity contribution is 7.92. The lowest BCUT2D eigenvalue weighted by Crippen LogP contribution is -2.44. The van der Waals surface area contributed by atoms with Crippen molar-refractivity contribution in [3.8, 4) is 0 Å². The third-order valence-electron chi connectivity index (χ3n) is 5.07. The molecule has 3 N–H and O–H groups in total. The van der Waals surface area contributed by atoms with Crippen molar-refractivity contribution in [1.82, 2.24) is 10.0 Å². The van der Waals surface area contributed by atoms with Crippen LogP contribution in [0.5, 0.6) is 0 Å². The lowest BCUT2D eigenvalue weighted by atomic mass is 10.0. The van der Waals surface area contributed by atoms with Crippen molar-refractivity contribution in [2.45, 2.75) is 18.5 Å². The maximum Gasteiger partial charge on any atom is 0.335 e. The molecule has 12 heteroatoms. The molecule has 10 nitrogen and oxygen atoms in total. The second kappa shape index (κ2) is 8.88. The van der Waals surface area contributed by atoms with Gasteiger partial charge in [0.25, 0.3) is 0 Å². The molecule has 1 aliphatic rings. The summed E-state index contributed by atoms with van der Waals surface area (Å²) >= 11 is 0. The normalized spacial score (nSPS) is 18.4. The van der Waals surface area contributed by atoms with Crippen LogP contribution in [0, 0.1) is 0 Å². The fourth-order valence-corrected chi connectivity index (χ4v) is 5.64. The van der Waals surface area contributed by atoms with Crippen LogP contribution < -0.4 is 14.3 Å².